The van der Waals surface area contributed by atoms with Gasteiger partial charge >= 0.3 is 0 Å². The summed E-state index contributed by atoms with van der Waals surface area (Å²) in [5, 5.41) is 0. The molecule has 0 bridgehead atoms. The van der Waals surface area contributed by atoms with Crippen LogP contribution in [0.1, 0.15) is 90.9 Å². The minimum absolute atomic E-state index is 0.692. The van der Waals surface area contributed by atoms with E-state index in [0.717, 1.165) is 37.6 Å². The summed E-state index contributed by atoms with van der Waals surface area (Å²) in [7, 11) is 0. The van der Waals surface area contributed by atoms with Gasteiger partial charge in [-0.15, -0.1) is 0 Å². The number of nitrogen functional groups attached to an aromatic ring is 1. The highest BCUT2D eigenvalue weighted by Crippen LogP contribution is 2.27. The summed E-state index contributed by atoms with van der Waals surface area (Å²) in [5.74, 6) is 1.62. The lowest BCUT2D eigenvalue weighted by molar-refractivity contribution is 0.290. The fraction of sp³-hybridized carbons (Fsp3) is 0.727. The minimum atomic E-state index is 0.692. The Kier molecular flexibility index (Phi) is 12.9. The first-order valence-corrected chi connectivity index (χ1v) is 10.4. The van der Waals surface area contributed by atoms with Gasteiger partial charge in [0.25, 0.3) is 0 Å². The molecule has 1 aromatic rings. The lowest BCUT2D eigenvalue weighted by atomic mass is 10.1. The second-order valence-electron chi connectivity index (χ2n) is 6.93. The molecule has 2 N–H and O–H groups in total. The maximum atomic E-state index is 6.01. The zero-order valence-electron chi connectivity index (χ0n) is 16.5. The fourth-order valence-corrected chi connectivity index (χ4v) is 2.87. The molecule has 0 saturated heterocycles. The number of ether oxygens (including phenoxy) is 2. The maximum absolute atomic E-state index is 6.01. The van der Waals surface area contributed by atoms with Crippen molar-refractivity contribution in [2.75, 3.05) is 18.9 Å². The van der Waals surface area contributed by atoms with Crippen LogP contribution in [-0.2, 0) is 0 Å². The van der Waals surface area contributed by atoms with E-state index in [1.807, 2.05) is 18.2 Å². The van der Waals surface area contributed by atoms with Crippen molar-refractivity contribution in [3.05, 3.63) is 18.2 Å². The molecule has 0 saturated carbocycles. The number of rotatable bonds is 16. The Labute approximate surface area is 155 Å². The molecule has 0 unspecified atom stereocenters. The van der Waals surface area contributed by atoms with Crippen LogP contribution in [0.15, 0.2) is 18.2 Å². The number of hydrogen-bond acceptors (Lipinski definition) is 3. The first-order chi connectivity index (χ1) is 12.3. The summed E-state index contributed by atoms with van der Waals surface area (Å²) in [6.07, 6.45) is 15.2. The van der Waals surface area contributed by atoms with Gasteiger partial charge in [-0.2, -0.15) is 0 Å². The second-order valence-corrected chi connectivity index (χ2v) is 6.93. The normalized spacial score (nSPS) is 10.8. The van der Waals surface area contributed by atoms with Crippen LogP contribution in [0.4, 0.5) is 5.69 Å². The van der Waals surface area contributed by atoms with E-state index < -0.39 is 0 Å². The Balaban J connectivity index is 2.19. The van der Waals surface area contributed by atoms with Crippen LogP contribution in [0.3, 0.4) is 0 Å². The molecule has 0 aliphatic carbocycles. The Bertz CT molecular complexity index is 434. The molecule has 1 rings (SSSR count). The minimum Gasteiger partial charge on any atom is -0.493 e. The van der Waals surface area contributed by atoms with Gasteiger partial charge < -0.3 is 15.2 Å². The summed E-state index contributed by atoms with van der Waals surface area (Å²) in [4.78, 5) is 0. The molecule has 0 spiro atoms. The first kappa shape index (κ1) is 21.7. The molecule has 0 aliphatic heterocycles. The number of hydrogen-bond donors (Lipinski definition) is 1. The van der Waals surface area contributed by atoms with Crippen LogP contribution in [-0.4, -0.2) is 13.2 Å². The van der Waals surface area contributed by atoms with E-state index in [-0.39, 0.29) is 0 Å². The second kappa shape index (κ2) is 14.9. The van der Waals surface area contributed by atoms with E-state index in [1.54, 1.807) is 0 Å². The van der Waals surface area contributed by atoms with Gasteiger partial charge in [-0.25, -0.2) is 0 Å². The molecule has 0 aliphatic rings. The molecule has 0 fully saturated rings. The number of nitrogens with two attached hydrogens (primary N) is 1. The van der Waals surface area contributed by atoms with Gasteiger partial charge in [0.2, 0.25) is 0 Å². The van der Waals surface area contributed by atoms with Crippen molar-refractivity contribution in [3.63, 3.8) is 0 Å². The predicted octanol–water partition coefficient (Wildman–Crippen LogP) is 6.75. The molecular formula is C22H39NO2. The van der Waals surface area contributed by atoms with E-state index in [0.29, 0.717) is 5.69 Å². The third-order valence-corrected chi connectivity index (χ3v) is 4.51. The molecule has 3 heteroatoms. The Morgan fingerprint density at radius 2 is 1.20 bits per heavy atom. The fourth-order valence-electron chi connectivity index (χ4n) is 2.87. The molecule has 144 valence electrons. The lowest BCUT2D eigenvalue weighted by Crippen LogP contribution is -2.02. The van der Waals surface area contributed by atoms with E-state index in [2.05, 4.69) is 13.8 Å². The van der Waals surface area contributed by atoms with Gasteiger partial charge in [-0.05, 0) is 25.0 Å². The van der Waals surface area contributed by atoms with Crippen molar-refractivity contribution in [1.29, 1.82) is 0 Å². The molecule has 0 aromatic heterocycles. The molecular weight excluding hydrogens is 310 g/mol. The monoisotopic (exact) mass is 349 g/mol. The molecule has 25 heavy (non-hydrogen) atoms. The Hall–Kier alpha value is -1.38. The number of unbranched alkanes of at least 4 members (excludes halogenated alkanes) is 10. The van der Waals surface area contributed by atoms with Crippen molar-refractivity contribution in [2.24, 2.45) is 0 Å². The average molecular weight is 350 g/mol. The van der Waals surface area contributed by atoms with Crippen molar-refractivity contribution < 1.29 is 9.47 Å². The van der Waals surface area contributed by atoms with Crippen molar-refractivity contribution >= 4 is 5.69 Å². The van der Waals surface area contributed by atoms with Crippen LogP contribution in [0, 0.1) is 0 Å². The third kappa shape index (κ3) is 11.0. The van der Waals surface area contributed by atoms with Crippen LogP contribution in [0.5, 0.6) is 11.5 Å². The Morgan fingerprint density at radius 3 is 1.80 bits per heavy atom. The van der Waals surface area contributed by atoms with Crippen LogP contribution in [0.2, 0.25) is 0 Å². The highest BCUT2D eigenvalue weighted by Gasteiger charge is 2.04. The van der Waals surface area contributed by atoms with Crippen LogP contribution >= 0.6 is 0 Å². The van der Waals surface area contributed by atoms with Crippen molar-refractivity contribution in [2.45, 2.75) is 90.9 Å². The van der Waals surface area contributed by atoms with E-state index >= 15 is 0 Å². The summed E-state index contributed by atoms with van der Waals surface area (Å²) < 4.78 is 11.7. The third-order valence-electron chi connectivity index (χ3n) is 4.51. The molecule has 3 nitrogen and oxygen atoms in total. The van der Waals surface area contributed by atoms with Crippen LogP contribution < -0.4 is 15.2 Å². The van der Waals surface area contributed by atoms with Crippen molar-refractivity contribution in [1.82, 2.24) is 0 Å². The van der Waals surface area contributed by atoms with Crippen LogP contribution in [0.25, 0.3) is 0 Å². The topological polar surface area (TPSA) is 44.5 Å². The number of benzene rings is 1. The van der Waals surface area contributed by atoms with E-state index in [4.69, 9.17) is 15.2 Å². The lowest BCUT2D eigenvalue weighted by Gasteiger charge is -2.12. The summed E-state index contributed by atoms with van der Waals surface area (Å²) in [6.45, 7) is 5.99. The highest BCUT2D eigenvalue weighted by molar-refractivity contribution is 5.55. The summed E-state index contributed by atoms with van der Waals surface area (Å²) >= 11 is 0. The predicted molar refractivity (Wildman–Crippen MR) is 109 cm³/mol. The first-order valence-electron chi connectivity index (χ1n) is 10.4. The standard InChI is InChI=1S/C22H39NO2/c1-3-5-7-9-11-13-17-24-20-15-16-21(23)22(19-20)25-18-14-12-10-8-6-4-2/h15-16,19H,3-14,17-18,23H2,1-2H3. The quantitative estimate of drug-likeness (QED) is 0.265. The molecule has 0 amide bonds. The zero-order valence-corrected chi connectivity index (χ0v) is 16.5. The molecule has 0 heterocycles. The van der Waals surface area contributed by atoms with Crippen molar-refractivity contribution in [3.8, 4) is 11.5 Å². The maximum Gasteiger partial charge on any atom is 0.145 e. The SMILES string of the molecule is CCCCCCCCOc1ccc(N)c(OCCCCCCCC)c1. The largest absolute Gasteiger partial charge is 0.493 e. The average Bonchev–Trinajstić information content (AvgIpc) is 2.62. The van der Waals surface area contributed by atoms with Gasteiger partial charge in [-0.1, -0.05) is 78.1 Å². The van der Waals surface area contributed by atoms with Gasteiger partial charge in [0.15, 0.2) is 0 Å². The molecule has 1 aromatic carbocycles. The highest BCUT2D eigenvalue weighted by atomic mass is 16.5. The van der Waals surface area contributed by atoms with Gasteiger partial charge in [0, 0.05) is 6.07 Å². The zero-order chi connectivity index (χ0) is 18.2. The van der Waals surface area contributed by atoms with E-state index in [1.165, 1.54) is 64.2 Å². The van der Waals surface area contributed by atoms with Gasteiger partial charge in [-0.3, -0.25) is 0 Å². The molecule has 0 atom stereocenters. The van der Waals surface area contributed by atoms with E-state index in [9.17, 15) is 0 Å². The molecule has 0 radical (unpaired) electrons. The van der Waals surface area contributed by atoms with Gasteiger partial charge in [0.1, 0.15) is 11.5 Å². The number of anilines is 1. The summed E-state index contributed by atoms with van der Waals surface area (Å²) in [6, 6.07) is 5.75. The smallest absolute Gasteiger partial charge is 0.145 e. The summed E-state index contributed by atoms with van der Waals surface area (Å²) in [5.41, 5.74) is 6.70. The Morgan fingerprint density at radius 1 is 0.680 bits per heavy atom. The van der Waals surface area contributed by atoms with Gasteiger partial charge in [0.05, 0.1) is 18.9 Å².